The molecule has 0 saturated heterocycles. The zero-order valence-electron chi connectivity index (χ0n) is 13.2. The third kappa shape index (κ3) is 4.35. The minimum atomic E-state index is -0.141. The molecule has 0 bridgehead atoms. The smallest absolute Gasteiger partial charge is 0.127 e. The maximum Gasteiger partial charge on any atom is 0.127 e. The van der Waals surface area contributed by atoms with Crippen LogP contribution in [0.15, 0.2) is 23.6 Å². The number of rotatable bonds is 5. The number of hydrogen-bond donors (Lipinski definition) is 1. The lowest BCUT2D eigenvalue weighted by Gasteiger charge is -2.14. The lowest BCUT2D eigenvalue weighted by atomic mass is 9.93. The summed E-state index contributed by atoms with van der Waals surface area (Å²) in [5.41, 5.74) is 2.81. The molecule has 0 aliphatic rings. The van der Waals surface area contributed by atoms with Crippen LogP contribution in [-0.4, -0.2) is 11.5 Å². The van der Waals surface area contributed by atoms with E-state index in [9.17, 15) is 4.39 Å². The van der Waals surface area contributed by atoms with Crippen LogP contribution in [0.3, 0.4) is 0 Å². The van der Waals surface area contributed by atoms with Gasteiger partial charge >= 0.3 is 0 Å². The number of thiazole rings is 1. The molecule has 0 fully saturated rings. The van der Waals surface area contributed by atoms with Gasteiger partial charge in [0.1, 0.15) is 5.82 Å². The normalized spacial score (nSPS) is 11.9. The molecule has 0 aliphatic heterocycles. The Morgan fingerprint density at radius 1 is 1.29 bits per heavy atom. The molecule has 0 amide bonds. The zero-order chi connectivity index (χ0) is 15.5. The summed E-state index contributed by atoms with van der Waals surface area (Å²) in [7, 11) is 0. The third-order valence-electron chi connectivity index (χ3n) is 3.36. The van der Waals surface area contributed by atoms with Gasteiger partial charge in [-0.25, -0.2) is 9.37 Å². The van der Waals surface area contributed by atoms with Crippen molar-refractivity contribution in [3.8, 4) is 0 Å². The Hall–Kier alpha value is -1.26. The molecular weight excluding hydrogens is 283 g/mol. The first kappa shape index (κ1) is 16.1. The van der Waals surface area contributed by atoms with Gasteiger partial charge in [-0.1, -0.05) is 39.8 Å². The summed E-state index contributed by atoms with van der Waals surface area (Å²) in [6.45, 7) is 10.1. The van der Waals surface area contributed by atoms with Gasteiger partial charge < -0.3 is 5.32 Å². The second kappa shape index (κ2) is 6.67. The zero-order valence-corrected chi connectivity index (χ0v) is 14.0. The van der Waals surface area contributed by atoms with Crippen molar-refractivity contribution in [1.29, 1.82) is 0 Å². The third-order valence-corrected chi connectivity index (χ3v) is 4.21. The van der Waals surface area contributed by atoms with E-state index in [4.69, 9.17) is 0 Å². The highest BCUT2D eigenvalue weighted by atomic mass is 32.1. The molecule has 4 heteroatoms. The lowest BCUT2D eigenvalue weighted by Crippen LogP contribution is -2.12. The van der Waals surface area contributed by atoms with Crippen LogP contribution >= 0.6 is 11.3 Å². The van der Waals surface area contributed by atoms with Crippen molar-refractivity contribution in [2.45, 2.75) is 46.1 Å². The van der Waals surface area contributed by atoms with Crippen molar-refractivity contribution in [3.05, 3.63) is 51.2 Å². The van der Waals surface area contributed by atoms with E-state index in [1.54, 1.807) is 17.4 Å². The minimum absolute atomic E-state index is 0.0446. The minimum Gasteiger partial charge on any atom is -0.313 e. The maximum absolute atomic E-state index is 14.2. The Labute approximate surface area is 130 Å². The summed E-state index contributed by atoms with van der Waals surface area (Å²) in [5, 5.41) is 6.25. The Balaban J connectivity index is 2.11. The predicted octanol–water partition coefficient (Wildman–Crippen LogP) is 4.28. The predicted molar refractivity (Wildman–Crippen MR) is 87.4 cm³/mol. The van der Waals surface area contributed by atoms with Crippen LogP contribution in [0.1, 0.15) is 49.5 Å². The van der Waals surface area contributed by atoms with Gasteiger partial charge in [0.2, 0.25) is 0 Å². The summed E-state index contributed by atoms with van der Waals surface area (Å²) < 4.78 is 14.2. The first-order chi connectivity index (χ1) is 9.90. The van der Waals surface area contributed by atoms with Gasteiger partial charge in [-0.3, -0.25) is 0 Å². The Bertz CT molecular complexity index is 599. The number of benzene rings is 1. The summed E-state index contributed by atoms with van der Waals surface area (Å²) in [4.78, 5) is 4.63. The summed E-state index contributed by atoms with van der Waals surface area (Å²) in [6, 6.07) is 5.48. The van der Waals surface area contributed by atoms with Gasteiger partial charge in [0.15, 0.2) is 0 Å². The highest BCUT2D eigenvalue weighted by Gasteiger charge is 2.17. The van der Waals surface area contributed by atoms with Crippen molar-refractivity contribution in [1.82, 2.24) is 10.3 Å². The average Bonchev–Trinajstić information content (AvgIpc) is 2.88. The van der Waals surface area contributed by atoms with E-state index in [2.05, 4.69) is 36.5 Å². The summed E-state index contributed by atoms with van der Waals surface area (Å²) in [6.07, 6.45) is 0.564. The summed E-state index contributed by atoms with van der Waals surface area (Å²) in [5.74, 6) is -0.141. The van der Waals surface area contributed by atoms with E-state index in [-0.39, 0.29) is 11.2 Å². The van der Waals surface area contributed by atoms with Crippen molar-refractivity contribution in [3.63, 3.8) is 0 Å². The van der Waals surface area contributed by atoms with Crippen molar-refractivity contribution in [2.24, 2.45) is 0 Å². The van der Waals surface area contributed by atoms with Crippen LogP contribution < -0.4 is 5.32 Å². The number of nitrogens with zero attached hydrogens (tertiary/aromatic N) is 1. The molecule has 0 atom stereocenters. The Morgan fingerprint density at radius 3 is 2.62 bits per heavy atom. The maximum atomic E-state index is 14.2. The molecule has 1 heterocycles. The van der Waals surface area contributed by atoms with Crippen LogP contribution in [0.4, 0.5) is 4.39 Å². The van der Waals surface area contributed by atoms with Crippen LogP contribution in [0, 0.1) is 5.82 Å². The van der Waals surface area contributed by atoms with Gasteiger partial charge in [-0.15, -0.1) is 11.3 Å². The van der Waals surface area contributed by atoms with Crippen LogP contribution in [0.25, 0.3) is 0 Å². The first-order valence-corrected chi connectivity index (χ1v) is 8.21. The SMILES string of the molecule is CCNCc1ccc(Cc2nc(C(C)(C)C)cs2)c(F)c1. The fourth-order valence-corrected chi connectivity index (χ4v) is 3.06. The highest BCUT2D eigenvalue weighted by Crippen LogP contribution is 2.25. The molecule has 1 aromatic carbocycles. The molecule has 1 aromatic heterocycles. The number of halogens is 1. The highest BCUT2D eigenvalue weighted by molar-refractivity contribution is 7.09. The standard InChI is InChI=1S/C17H23FN2S/c1-5-19-10-12-6-7-13(14(18)8-12)9-16-20-15(11-21-16)17(2,3)4/h6-8,11,19H,5,9-10H2,1-4H3. The Kier molecular flexibility index (Phi) is 5.12. The van der Waals surface area contributed by atoms with E-state index in [1.165, 1.54) is 0 Å². The van der Waals surface area contributed by atoms with E-state index in [0.717, 1.165) is 22.8 Å². The summed E-state index contributed by atoms with van der Waals surface area (Å²) >= 11 is 1.61. The molecule has 1 N–H and O–H groups in total. The largest absolute Gasteiger partial charge is 0.313 e. The second-order valence-corrected chi connectivity index (χ2v) is 7.20. The van der Waals surface area contributed by atoms with Crippen molar-refractivity contribution < 1.29 is 4.39 Å². The van der Waals surface area contributed by atoms with E-state index in [1.807, 2.05) is 19.1 Å². The van der Waals surface area contributed by atoms with Gasteiger partial charge in [0, 0.05) is 23.8 Å². The van der Waals surface area contributed by atoms with Crippen LogP contribution in [0.2, 0.25) is 0 Å². The second-order valence-electron chi connectivity index (χ2n) is 6.26. The molecule has 21 heavy (non-hydrogen) atoms. The van der Waals surface area contributed by atoms with Gasteiger partial charge in [0.05, 0.1) is 10.7 Å². The number of aromatic nitrogens is 1. The van der Waals surface area contributed by atoms with E-state index >= 15 is 0 Å². The average molecular weight is 306 g/mol. The lowest BCUT2D eigenvalue weighted by molar-refractivity contribution is 0.570. The molecule has 2 rings (SSSR count). The molecule has 2 aromatic rings. The molecule has 0 spiro atoms. The van der Waals surface area contributed by atoms with E-state index < -0.39 is 0 Å². The van der Waals surface area contributed by atoms with Gasteiger partial charge in [-0.2, -0.15) is 0 Å². The van der Waals surface area contributed by atoms with Gasteiger partial charge in [0.25, 0.3) is 0 Å². The fraction of sp³-hybridized carbons (Fsp3) is 0.471. The molecule has 0 saturated carbocycles. The molecule has 0 radical (unpaired) electrons. The van der Waals surface area contributed by atoms with Crippen LogP contribution in [0.5, 0.6) is 0 Å². The van der Waals surface area contributed by atoms with Crippen molar-refractivity contribution >= 4 is 11.3 Å². The van der Waals surface area contributed by atoms with Crippen LogP contribution in [-0.2, 0) is 18.4 Å². The molecule has 2 nitrogen and oxygen atoms in total. The molecule has 0 aliphatic carbocycles. The van der Waals surface area contributed by atoms with E-state index in [0.29, 0.717) is 18.5 Å². The molecular formula is C17H23FN2S. The number of hydrogen-bond acceptors (Lipinski definition) is 3. The topological polar surface area (TPSA) is 24.9 Å². The molecule has 114 valence electrons. The van der Waals surface area contributed by atoms with Gasteiger partial charge in [-0.05, 0) is 23.7 Å². The first-order valence-electron chi connectivity index (χ1n) is 7.33. The fourth-order valence-electron chi connectivity index (χ4n) is 2.01. The molecule has 0 unspecified atom stereocenters. The number of nitrogens with one attached hydrogen (secondary N) is 1. The Morgan fingerprint density at radius 2 is 2.05 bits per heavy atom. The monoisotopic (exact) mass is 306 g/mol. The van der Waals surface area contributed by atoms with Crippen molar-refractivity contribution in [2.75, 3.05) is 6.54 Å². The quantitative estimate of drug-likeness (QED) is 0.892.